The minimum atomic E-state index is -1.61. The Bertz CT molecular complexity index is 1010. The molecule has 27 heavy (non-hydrogen) atoms. The Morgan fingerprint density at radius 3 is 2.67 bits per heavy atom. The highest BCUT2D eigenvalue weighted by molar-refractivity contribution is 6.31. The molecular formula is C18H14ClF2N3O3. The summed E-state index contributed by atoms with van der Waals surface area (Å²) in [5.41, 5.74) is 0.917. The van der Waals surface area contributed by atoms with Crippen molar-refractivity contribution in [2.24, 2.45) is 0 Å². The Kier molecular flexibility index (Phi) is 5.36. The number of nitrogens with one attached hydrogen (secondary N) is 1. The summed E-state index contributed by atoms with van der Waals surface area (Å²) in [6, 6.07) is 7.01. The summed E-state index contributed by atoms with van der Waals surface area (Å²) in [4.78, 5) is 19.6. The summed E-state index contributed by atoms with van der Waals surface area (Å²) in [6.07, 6.45) is -0.318. The van der Waals surface area contributed by atoms with E-state index in [4.69, 9.17) is 21.1 Å². The number of halogens is 3. The lowest BCUT2D eigenvalue weighted by molar-refractivity contribution is -0.132. The third-order valence-corrected chi connectivity index (χ3v) is 3.72. The monoisotopic (exact) mass is 393 g/mol. The van der Waals surface area contributed by atoms with Crippen molar-refractivity contribution in [3.8, 4) is 11.5 Å². The van der Waals surface area contributed by atoms with Gasteiger partial charge in [-0.2, -0.15) is 0 Å². The van der Waals surface area contributed by atoms with Crippen LogP contribution in [0, 0.1) is 5.82 Å². The zero-order chi connectivity index (χ0) is 19.6. The fourth-order valence-electron chi connectivity index (χ4n) is 2.38. The van der Waals surface area contributed by atoms with Gasteiger partial charge in [-0.25, -0.2) is 18.7 Å². The van der Waals surface area contributed by atoms with Crippen molar-refractivity contribution in [2.45, 2.75) is 20.2 Å². The van der Waals surface area contributed by atoms with Gasteiger partial charge in [-0.1, -0.05) is 11.6 Å². The van der Waals surface area contributed by atoms with Crippen LogP contribution in [0.15, 0.2) is 36.7 Å². The summed E-state index contributed by atoms with van der Waals surface area (Å²) in [5, 5.41) is 3.43. The Morgan fingerprint density at radius 2 is 2.00 bits per heavy atom. The molecule has 140 valence electrons. The summed E-state index contributed by atoms with van der Waals surface area (Å²) in [5.74, 6) is -0.732. The quantitative estimate of drug-likeness (QED) is 0.496. The highest BCUT2D eigenvalue weighted by Gasteiger charge is 2.16. The molecule has 2 aromatic carbocycles. The van der Waals surface area contributed by atoms with E-state index < -0.39 is 18.1 Å². The zero-order valence-electron chi connectivity index (χ0n) is 14.3. The van der Waals surface area contributed by atoms with Crippen LogP contribution in [0.25, 0.3) is 10.9 Å². The standard InChI is InChI=1S/C18H14ClF2N3O3/c1-9(20)26-17-7-15-12(6-16(17)27-10(2)25)18(23-8-22-15)24-11-3-4-14(21)13(19)5-11/h3-9H,1-2H3,(H,22,23,24). The molecule has 0 bridgehead atoms. The topological polar surface area (TPSA) is 73.3 Å². The zero-order valence-corrected chi connectivity index (χ0v) is 15.1. The van der Waals surface area contributed by atoms with Crippen LogP contribution in [0.4, 0.5) is 20.3 Å². The summed E-state index contributed by atoms with van der Waals surface area (Å²) >= 11 is 5.79. The number of aromatic nitrogens is 2. The Hall–Kier alpha value is -3.00. The molecule has 1 heterocycles. The Balaban J connectivity index is 2.07. The summed E-state index contributed by atoms with van der Waals surface area (Å²) < 4.78 is 36.8. The van der Waals surface area contributed by atoms with Gasteiger partial charge in [-0.15, -0.1) is 0 Å². The SMILES string of the molecule is CC(=O)Oc1cc2c(Nc3ccc(F)c(Cl)c3)ncnc2cc1OC(C)F. The highest BCUT2D eigenvalue weighted by atomic mass is 35.5. The first-order valence-corrected chi connectivity index (χ1v) is 8.21. The second-order valence-corrected chi connectivity index (χ2v) is 5.95. The van der Waals surface area contributed by atoms with Gasteiger partial charge in [0.2, 0.25) is 6.36 Å². The van der Waals surface area contributed by atoms with Crippen LogP contribution < -0.4 is 14.8 Å². The van der Waals surface area contributed by atoms with E-state index in [2.05, 4.69) is 15.3 Å². The minimum Gasteiger partial charge on any atom is -0.457 e. The van der Waals surface area contributed by atoms with Crippen molar-refractivity contribution in [1.29, 1.82) is 0 Å². The maximum absolute atomic E-state index is 13.3. The molecule has 0 aliphatic rings. The molecule has 9 heteroatoms. The van der Waals surface area contributed by atoms with Crippen molar-refractivity contribution in [3.63, 3.8) is 0 Å². The number of hydrogen-bond donors (Lipinski definition) is 1. The summed E-state index contributed by atoms with van der Waals surface area (Å²) in [6.45, 7) is 2.42. The van der Waals surface area contributed by atoms with Crippen molar-refractivity contribution < 1.29 is 23.0 Å². The number of rotatable bonds is 5. The molecule has 0 spiro atoms. The van der Waals surface area contributed by atoms with Crippen molar-refractivity contribution >= 4 is 40.0 Å². The number of anilines is 2. The first-order valence-electron chi connectivity index (χ1n) is 7.83. The molecule has 1 atom stereocenters. The van der Waals surface area contributed by atoms with Gasteiger partial charge < -0.3 is 14.8 Å². The van der Waals surface area contributed by atoms with Gasteiger partial charge in [0, 0.05) is 31.0 Å². The molecule has 0 saturated heterocycles. The van der Waals surface area contributed by atoms with Gasteiger partial charge in [0.1, 0.15) is 18.0 Å². The number of fused-ring (bicyclic) bond motifs is 1. The van der Waals surface area contributed by atoms with Crippen LogP contribution in [0.3, 0.4) is 0 Å². The van der Waals surface area contributed by atoms with Gasteiger partial charge in [0.05, 0.1) is 10.5 Å². The van der Waals surface area contributed by atoms with Gasteiger partial charge in [-0.3, -0.25) is 4.79 Å². The number of nitrogens with zero attached hydrogens (tertiary/aromatic N) is 2. The van der Waals surface area contributed by atoms with Crippen LogP contribution in [0.1, 0.15) is 13.8 Å². The van der Waals surface area contributed by atoms with E-state index in [0.29, 0.717) is 22.4 Å². The van der Waals surface area contributed by atoms with Crippen LogP contribution in [0.2, 0.25) is 5.02 Å². The molecule has 6 nitrogen and oxygen atoms in total. The molecule has 0 aliphatic carbocycles. The van der Waals surface area contributed by atoms with Crippen LogP contribution in [0.5, 0.6) is 11.5 Å². The van der Waals surface area contributed by atoms with E-state index in [1.165, 1.54) is 50.5 Å². The third kappa shape index (κ3) is 4.40. The number of ether oxygens (including phenoxy) is 2. The molecule has 1 N–H and O–H groups in total. The van der Waals surface area contributed by atoms with E-state index >= 15 is 0 Å². The van der Waals surface area contributed by atoms with E-state index in [1.807, 2.05) is 0 Å². The van der Waals surface area contributed by atoms with Crippen molar-refractivity contribution in [2.75, 3.05) is 5.32 Å². The fraction of sp³-hybridized carbons (Fsp3) is 0.167. The van der Waals surface area contributed by atoms with Crippen LogP contribution in [-0.4, -0.2) is 22.3 Å². The number of hydrogen-bond acceptors (Lipinski definition) is 6. The van der Waals surface area contributed by atoms with Crippen molar-refractivity contribution in [3.05, 3.63) is 47.5 Å². The van der Waals surface area contributed by atoms with Crippen molar-refractivity contribution in [1.82, 2.24) is 9.97 Å². The molecule has 3 aromatic rings. The van der Waals surface area contributed by atoms with Crippen LogP contribution in [-0.2, 0) is 4.79 Å². The lowest BCUT2D eigenvalue weighted by Gasteiger charge is -2.14. The Morgan fingerprint density at radius 1 is 1.22 bits per heavy atom. The van der Waals surface area contributed by atoms with Gasteiger partial charge in [0.15, 0.2) is 11.5 Å². The fourth-order valence-corrected chi connectivity index (χ4v) is 2.56. The predicted octanol–water partition coefficient (Wildman–Crippen LogP) is 4.79. The summed E-state index contributed by atoms with van der Waals surface area (Å²) in [7, 11) is 0. The van der Waals surface area contributed by atoms with Gasteiger partial charge in [-0.05, 0) is 24.3 Å². The van der Waals surface area contributed by atoms with Crippen LogP contribution >= 0.6 is 11.6 Å². The molecule has 0 radical (unpaired) electrons. The maximum Gasteiger partial charge on any atom is 0.308 e. The molecule has 0 amide bonds. The molecule has 3 rings (SSSR count). The molecule has 0 aliphatic heterocycles. The first-order chi connectivity index (χ1) is 12.8. The first kappa shape index (κ1) is 18.8. The number of carbonyl (C=O) groups is 1. The van der Waals surface area contributed by atoms with E-state index in [-0.39, 0.29) is 16.5 Å². The molecular weight excluding hydrogens is 380 g/mol. The lowest BCUT2D eigenvalue weighted by atomic mass is 10.2. The molecule has 0 fully saturated rings. The number of esters is 1. The van der Waals surface area contributed by atoms with E-state index in [9.17, 15) is 13.6 Å². The van der Waals surface area contributed by atoms with Gasteiger partial charge >= 0.3 is 5.97 Å². The van der Waals surface area contributed by atoms with E-state index in [1.54, 1.807) is 0 Å². The minimum absolute atomic E-state index is 0.0227. The highest BCUT2D eigenvalue weighted by Crippen LogP contribution is 2.36. The molecule has 1 aromatic heterocycles. The number of carbonyl (C=O) groups excluding carboxylic acids is 1. The predicted molar refractivity (Wildman–Crippen MR) is 96.7 cm³/mol. The van der Waals surface area contributed by atoms with E-state index in [0.717, 1.165) is 0 Å². The smallest absolute Gasteiger partial charge is 0.308 e. The maximum atomic E-state index is 13.3. The largest absolute Gasteiger partial charge is 0.457 e. The molecule has 0 saturated carbocycles. The van der Waals surface area contributed by atoms with Gasteiger partial charge in [0.25, 0.3) is 0 Å². The normalized spacial score (nSPS) is 11.9. The third-order valence-electron chi connectivity index (χ3n) is 3.43. The average molecular weight is 394 g/mol. The molecule has 1 unspecified atom stereocenters. The second kappa shape index (κ2) is 7.71. The lowest BCUT2D eigenvalue weighted by Crippen LogP contribution is -2.08. The number of benzene rings is 2. The average Bonchev–Trinajstić information content (AvgIpc) is 2.58. The Labute approximate surface area is 158 Å². The number of alkyl halides is 1. The second-order valence-electron chi connectivity index (χ2n) is 5.55.